The normalized spacial score (nSPS) is 14.2. The Morgan fingerprint density at radius 2 is 2.00 bits per heavy atom. The Morgan fingerprint density at radius 1 is 1.29 bits per heavy atom. The van der Waals surface area contributed by atoms with E-state index in [1.807, 2.05) is 13.0 Å². The Labute approximate surface area is 101 Å². The Bertz CT molecular complexity index is 530. The molecule has 0 saturated heterocycles. The van der Waals surface area contributed by atoms with Crippen LogP contribution in [0.2, 0.25) is 0 Å². The lowest BCUT2D eigenvalue weighted by Gasteiger charge is -2.05. The second-order valence-corrected chi connectivity index (χ2v) is 5.10. The molecule has 1 aromatic carbocycles. The first kappa shape index (κ1) is 12.4. The van der Waals surface area contributed by atoms with E-state index < -0.39 is 11.7 Å². The van der Waals surface area contributed by atoms with Crippen LogP contribution in [0.5, 0.6) is 0 Å². The van der Waals surface area contributed by atoms with E-state index in [4.69, 9.17) is 5.11 Å². The summed E-state index contributed by atoms with van der Waals surface area (Å²) in [6.45, 7) is 1.84. The molecule has 0 fully saturated rings. The fourth-order valence-corrected chi connectivity index (χ4v) is 2.71. The summed E-state index contributed by atoms with van der Waals surface area (Å²) in [6.07, 6.45) is -4.30. The van der Waals surface area contributed by atoms with Crippen LogP contribution in [0.4, 0.5) is 13.2 Å². The number of aliphatic hydroxyl groups excluding tert-OH is 1. The Hall–Kier alpha value is -1.07. The molecule has 0 bridgehead atoms. The van der Waals surface area contributed by atoms with Crippen molar-refractivity contribution in [3.63, 3.8) is 0 Å². The molecule has 1 aromatic heterocycles. The second-order valence-electron chi connectivity index (χ2n) is 3.98. The lowest BCUT2D eigenvalue weighted by Crippen LogP contribution is -2.03. The number of halogens is 3. The number of thiophene rings is 1. The Kier molecular flexibility index (Phi) is 3.14. The van der Waals surface area contributed by atoms with Gasteiger partial charge in [-0.1, -0.05) is 13.0 Å². The zero-order valence-electron chi connectivity index (χ0n) is 9.08. The third-order valence-corrected chi connectivity index (χ3v) is 3.96. The maximum Gasteiger partial charge on any atom is 0.416 e. The minimum absolute atomic E-state index is 0.00104. The predicted octanol–water partition coefficient (Wildman–Crippen LogP) is 4.02. The summed E-state index contributed by atoms with van der Waals surface area (Å²) in [6, 6.07) is 5.55. The van der Waals surface area contributed by atoms with Crippen LogP contribution in [0, 0.1) is 0 Å². The first-order valence-corrected chi connectivity index (χ1v) is 5.95. The molecule has 1 unspecified atom stereocenters. The van der Waals surface area contributed by atoms with Crippen molar-refractivity contribution in [1.29, 1.82) is 0 Å². The van der Waals surface area contributed by atoms with E-state index in [9.17, 15) is 13.2 Å². The smallest absolute Gasteiger partial charge is 0.396 e. The van der Waals surface area contributed by atoms with Crippen molar-refractivity contribution in [3.8, 4) is 0 Å². The van der Waals surface area contributed by atoms with Gasteiger partial charge in [-0.3, -0.25) is 0 Å². The van der Waals surface area contributed by atoms with Crippen molar-refractivity contribution in [2.75, 3.05) is 6.61 Å². The molecule has 0 radical (unpaired) electrons. The highest BCUT2D eigenvalue weighted by atomic mass is 32.1. The average molecular weight is 260 g/mol. The number of fused-ring (bicyclic) bond motifs is 1. The largest absolute Gasteiger partial charge is 0.416 e. The SMILES string of the molecule is CC(CO)c1cc2ccc(C(F)(F)F)cc2s1. The minimum atomic E-state index is -4.30. The van der Waals surface area contributed by atoms with E-state index in [2.05, 4.69) is 0 Å². The molecule has 0 spiro atoms. The topological polar surface area (TPSA) is 20.2 Å². The zero-order valence-corrected chi connectivity index (χ0v) is 9.90. The minimum Gasteiger partial charge on any atom is -0.396 e. The van der Waals surface area contributed by atoms with Gasteiger partial charge in [-0.2, -0.15) is 13.2 Å². The molecule has 1 N–H and O–H groups in total. The summed E-state index contributed by atoms with van der Waals surface area (Å²) in [4.78, 5) is 0.904. The fraction of sp³-hybridized carbons (Fsp3) is 0.333. The highest BCUT2D eigenvalue weighted by Crippen LogP contribution is 2.36. The van der Waals surface area contributed by atoms with Gasteiger partial charge in [0, 0.05) is 15.5 Å². The summed E-state index contributed by atoms with van der Waals surface area (Å²) in [5, 5.41) is 9.81. The molecular formula is C12H11F3OS. The molecule has 1 atom stereocenters. The predicted molar refractivity (Wildman–Crippen MR) is 62.3 cm³/mol. The standard InChI is InChI=1S/C12H11F3OS/c1-7(6-16)10-4-8-2-3-9(12(13,14)15)5-11(8)17-10/h2-5,7,16H,6H2,1H3. The molecule has 2 rings (SSSR count). The van der Waals surface area contributed by atoms with E-state index in [1.165, 1.54) is 17.4 Å². The van der Waals surface area contributed by atoms with Crippen LogP contribution in [-0.4, -0.2) is 11.7 Å². The molecule has 1 nitrogen and oxygen atoms in total. The van der Waals surface area contributed by atoms with Gasteiger partial charge in [-0.25, -0.2) is 0 Å². The van der Waals surface area contributed by atoms with Crippen molar-refractivity contribution in [1.82, 2.24) is 0 Å². The van der Waals surface area contributed by atoms with Crippen molar-refractivity contribution < 1.29 is 18.3 Å². The van der Waals surface area contributed by atoms with Crippen LogP contribution in [0.1, 0.15) is 23.3 Å². The van der Waals surface area contributed by atoms with E-state index in [0.717, 1.165) is 22.4 Å². The van der Waals surface area contributed by atoms with Gasteiger partial charge >= 0.3 is 6.18 Å². The maximum atomic E-state index is 12.5. The van der Waals surface area contributed by atoms with Gasteiger partial charge in [0.05, 0.1) is 12.2 Å². The summed E-state index contributed by atoms with van der Waals surface area (Å²) in [7, 11) is 0. The van der Waals surface area contributed by atoms with Crippen LogP contribution >= 0.6 is 11.3 Å². The van der Waals surface area contributed by atoms with Gasteiger partial charge in [0.25, 0.3) is 0 Å². The van der Waals surface area contributed by atoms with Crippen LogP contribution < -0.4 is 0 Å². The van der Waals surface area contributed by atoms with Gasteiger partial charge in [0.2, 0.25) is 0 Å². The van der Waals surface area contributed by atoms with E-state index in [0.29, 0.717) is 4.70 Å². The molecule has 0 amide bonds. The van der Waals surface area contributed by atoms with Gasteiger partial charge in [0.15, 0.2) is 0 Å². The van der Waals surface area contributed by atoms with E-state index >= 15 is 0 Å². The molecular weight excluding hydrogens is 249 g/mol. The molecule has 0 aliphatic carbocycles. The molecule has 0 saturated carbocycles. The molecule has 0 aliphatic heterocycles. The molecule has 0 aliphatic rings. The van der Waals surface area contributed by atoms with Crippen LogP contribution in [0.3, 0.4) is 0 Å². The number of benzene rings is 1. The maximum absolute atomic E-state index is 12.5. The fourth-order valence-electron chi connectivity index (χ4n) is 1.56. The molecule has 92 valence electrons. The summed E-state index contributed by atoms with van der Waals surface area (Å²) < 4.78 is 38.1. The number of aliphatic hydroxyl groups is 1. The van der Waals surface area contributed by atoms with Crippen molar-refractivity contribution >= 4 is 21.4 Å². The number of rotatable bonds is 2. The summed E-state index contributed by atoms with van der Waals surface area (Å²) >= 11 is 1.30. The third kappa shape index (κ3) is 2.45. The van der Waals surface area contributed by atoms with Crippen molar-refractivity contribution in [3.05, 3.63) is 34.7 Å². The van der Waals surface area contributed by atoms with E-state index in [-0.39, 0.29) is 12.5 Å². The van der Waals surface area contributed by atoms with Gasteiger partial charge in [0.1, 0.15) is 0 Å². The molecule has 2 aromatic rings. The summed E-state index contributed by atoms with van der Waals surface area (Å²) in [5.41, 5.74) is -0.630. The van der Waals surface area contributed by atoms with Crippen LogP contribution in [0.15, 0.2) is 24.3 Å². The van der Waals surface area contributed by atoms with E-state index in [1.54, 1.807) is 0 Å². The van der Waals surface area contributed by atoms with Crippen molar-refractivity contribution in [2.24, 2.45) is 0 Å². The first-order valence-electron chi connectivity index (χ1n) is 5.13. The quantitative estimate of drug-likeness (QED) is 0.864. The molecule has 1 heterocycles. The number of hydrogen-bond acceptors (Lipinski definition) is 2. The lowest BCUT2D eigenvalue weighted by atomic mass is 10.1. The zero-order chi connectivity index (χ0) is 12.6. The third-order valence-electron chi connectivity index (χ3n) is 2.63. The molecule has 17 heavy (non-hydrogen) atoms. The second kappa shape index (κ2) is 4.31. The Morgan fingerprint density at radius 3 is 2.59 bits per heavy atom. The monoisotopic (exact) mass is 260 g/mol. The van der Waals surface area contributed by atoms with Gasteiger partial charge in [-0.15, -0.1) is 11.3 Å². The van der Waals surface area contributed by atoms with Gasteiger partial charge in [-0.05, 0) is 23.6 Å². The van der Waals surface area contributed by atoms with Crippen LogP contribution in [0.25, 0.3) is 10.1 Å². The average Bonchev–Trinajstić information content (AvgIpc) is 2.69. The lowest BCUT2D eigenvalue weighted by molar-refractivity contribution is -0.137. The summed E-state index contributed by atoms with van der Waals surface area (Å²) in [5.74, 6) is -0.0401. The van der Waals surface area contributed by atoms with Crippen LogP contribution in [-0.2, 0) is 6.18 Å². The number of alkyl halides is 3. The molecule has 5 heteroatoms. The first-order chi connectivity index (χ1) is 7.91. The van der Waals surface area contributed by atoms with Crippen molar-refractivity contribution in [2.45, 2.75) is 19.0 Å². The van der Waals surface area contributed by atoms with Gasteiger partial charge < -0.3 is 5.11 Å². The number of hydrogen-bond donors (Lipinski definition) is 1. The highest BCUT2D eigenvalue weighted by Gasteiger charge is 2.30. The highest BCUT2D eigenvalue weighted by molar-refractivity contribution is 7.19. The Balaban J connectivity index is 2.48.